The number of cyclic esters (lactones) is 1. The third-order valence-corrected chi connectivity index (χ3v) is 3.79. The van der Waals surface area contributed by atoms with Crippen LogP contribution in [0.3, 0.4) is 0 Å². The van der Waals surface area contributed by atoms with E-state index in [0.717, 1.165) is 0 Å². The largest absolute Gasteiger partial charge is 0.496 e. The van der Waals surface area contributed by atoms with Crippen molar-refractivity contribution in [2.24, 2.45) is 0 Å². The monoisotopic (exact) mass is 306 g/mol. The van der Waals surface area contributed by atoms with Crippen molar-refractivity contribution in [2.75, 3.05) is 7.11 Å². The number of aliphatic hydroxyl groups excluding tert-OH is 1. The predicted octanol–water partition coefficient (Wildman–Crippen LogP) is 0.511. The fourth-order valence-corrected chi connectivity index (χ4v) is 2.46. The lowest BCUT2D eigenvalue weighted by Crippen LogP contribution is -2.41. The number of carbonyl (C=O) groups is 1. The van der Waals surface area contributed by atoms with Gasteiger partial charge in [-0.05, 0) is 19.1 Å². The van der Waals surface area contributed by atoms with Gasteiger partial charge in [0.05, 0.1) is 7.11 Å². The molecular formula is C15H14O7. The quantitative estimate of drug-likeness (QED) is 0.615. The zero-order valence-electron chi connectivity index (χ0n) is 11.9. The smallest absolute Gasteiger partial charge is 0.341 e. The fourth-order valence-electron chi connectivity index (χ4n) is 2.46. The summed E-state index contributed by atoms with van der Waals surface area (Å²) in [6.45, 7) is 1.19. The minimum Gasteiger partial charge on any atom is -0.496 e. The number of benzene rings is 1. The standard InChI is InChI=1S/C15H14O7/c1-15(19)13(17)12(22-14(15)18)8-5-7-3-4-11(16)21-9(7)6-10(8)20-2/h3-6,12-13,17,19H,1-2H3/t12-,13?,15+/m1/s1. The minimum absolute atomic E-state index is 0.274. The van der Waals surface area contributed by atoms with Crippen LogP contribution in [0.4, 0.5) is 0 Å². The highest BCUT2D eigenvalue weighted by Gasteiger charge is 2.54. The van der Waals surface area contributed by atoms with Gasteiger partial charge in [-0.1, -0.05) is 0 Å². The molecule has 2 aromatic rings. The summed E-state index contributed by atoms with van der Waals surface area (Å²) in [7, 11) is 1.40. The molecule has 1 aromatic carbocycles. The highest BCUT2D eigenvalue weighted by atomic mass is 16.6. The molecule has 1 fully saturated rings. The third kappa shape index (κ3) is 2.06. The predicted molar refractivity (Wildman–Crippen MR) is 74.5 cm³/mol. The number of fused-ring (bicyclic) bond motifs is 1. The molecule has 0 saturated carbocycles. The number of ether oxygens (including phenoxy) is 2. The zero-order chi connectivity index (χ0) is 16.1. The van der Waals surface area contributed by atoms with Gasteiger partial charge in [-0.2, -0.15) is 0 Å². The Balaban J connectivity index is 2.16. The molecule has 116 valence electrons. The summed E-state index contributed by atoms with van der Waals surface area (Å²) in [5.41, 5.74) is -1.81. The Bertz CT molecular complexity index is 805. The molecule has 7 nitrogen and oxygen atoms in total. The molecule has 0 spiro atoms. The lowest BCUT2D eigenvalue weighted by atomic mass is 9.93. The molecule has 3 rings (SSSR count). The molecule has 0 aliphatic carbocycles. The van der Waals surface area contributed by atoms with E-state index in [1.54, 1.807) is 12.1 Å². The first-order valence-electron chi connectivity index (χ1n) is 6.58. The number of carbonyl (C=O) groups excluding carboxylic acids is 1. The van der Waals surface area contributed by atoms with Gasteiger partial charge in [0.2, 0.25) is 0 Å². The van der Waals surface area contributed by atoms with Gasteiger partial charge in [-0.25, -0.2) is 9.59 Å². The van der Waals surface area contributed by atoms with Crippen molar-refractivity contribution < 1.29 is 28.9 Å². The van der Waals surface area contributed by atoms with Crippen molar-refractivity contribution in [1.29, 1.82) is 0 Å². The van der Waals surface area contributed by atoms with Crippen LogP contribution in [0, 0.1) is 0 Å². The molecule has 2 heterocycles. The van der Waals surface area contributed by atoms with E-state index in [2.05, 4.69) is 0 Å². The highest BCUT2D eigenvalue weighted by molar-refractivity contribution is 5.84. The van der Waals surface area contributed by atoms with Crippen LogP contribution < -0.4 is 10.4 Å². The lowest BCUT2D eigenvalue weighted by Gasteiger charge is -2.20. The van der Waals surface area contributed by atoms with E-state index in [1.807, 2.05) is 0 Å². The van der Waals surface area contributed by atoms with E-state index in [-0.39, 0.29) is 5.75 Å². The minimum atomic E-state index is -1.99. The van der Waals surface area contributed by atoms with Crippen molar-refractivity contribution in [2.45, 2.75) is 24.7 Å². The van der Waals surface area contributed by atoms with E-state index in [4.69, 9.17) is 13.9 Å². The highest BCUT2D eigenvalue weighted by Crippen LogP contribution is 2.41. The maximum absolute atomic E-state index is 11.7. The van der Waals surface area contributed by atoms with Crippen molar-refractivity contribution >= 4 is 16.9 Å². The van der Waals surface area contributed by atoms with Crippen LogP contribution in [0.1, 0.15) is 18.6 Å². The van der Waals surface area contributed by atoms with Crippen LogP contribution in [0.2, 0.25) is 0 Å². The van der Waals surface area contributed by atoms with Crippen molar-refractivity contribution in [3.05, 3.63) is 40.2 Å². The Morgan fingerprint density at radius 1 is 1.27 bits per heavy atom. The second kappa shape index (κ2) is 4.82. The Morgan fingerprint density at radius 3 is 2.59 bits per heavy atom. The third-order valence-electron chi connectivity index (χ3n) is 3.79. The molecule has 0 amide bonds. The molecule has 22 heavy (non-hydrogen) atoms. The summed E-state index contributed by atoms with van der Waals surface area (Å²) in [5, 5.41) is 20.7. The second-order valence-electron chi connectivity index (χ2n) is 5.30. The number of rotatable bonds is 2. The van der Waals surface area contributed by atoms with Crippen LogP contribution in [0.25, 0.3) is 11.0 Å². The Hall–Kier alpha value is -2.38. The first-order valence-corrected chi connectivity index (χ1v) is 6.58. The number of hydrogen-bond donors (Lipinski definition) is 2. The van der Waals surface area contributed by atoms with E-state index in [0.29, 0.717) is 16.5 Å². The van der Waals surface area contributed by atoms with Gasteiger partial charge < -0.3 is 24.1 Å². The molecule has 2 N–H and O–H groups in total. The molecule has 1 aliphatic rings. The van der Waals surface area contributed by atoms with E-state index >= 15 is 0 Å². The van der Waals surface area contributed by atoms with Gasteiger partial charge in [0.1, 0.15) is 17.4 Å². The maximum atomic E-state index is 11.7. The van der Waals surface area contributed by atoms with Gasteiger partial charge in [0, 0.05) is 23.1 Å². The van der Waals surface area contributed by atoms with Crippen LogP contribution in [-0.4, -0.2) is 35.0 Å². The first kappa shape index (κ1) is 14.6. The number of esters is 1. The molecule has 1 aliphatic heterocycles. The topological polar surface area (TPSA) is 106 Å². The average Bonchev–Trinajstić information content (AvgIpc) is 2.69. The Kier molecular flexibility index (Phi) is 3.19. The first-order chi connectivity index (χ1) is 10.3. The molecule has 1 unspecified atom stereocenters. The molecular weight excluding hydrogens is 292 g/mol. The van der Waals surface area contributed by atoms with Gasteiger partial charge in [0.25, 0.3) is 0 Å². The second-order valence-corrected chi connectivity index (χ2v) is 5.30. The van der Waals surface area contributed by atoms with Gasteiger partial charge >= 0.3 is 11.6 Å². The lowest BCUT2D eigenvalue weighted by molar-refractivity contribution is -0.155. The molecule has 1 saturated heterocycles. The van der Waals surface area contributed by atoms with Gasteiger partial charge in [0.15, 0.2) is 11.7 Å². The van der Waals surface area contributed by atoms with Crippen molar-refractivity contribution in [3.63, 3.8) is 0 Å². The Labute approximate surface area is 124 Å². The number of methoxy groups -OCH3 is 1. The SMILES string of the molecule is COc1cc2oc(=O)ccc2cc1[C@H]1OC(=O)[C@@](C)(O)C1O. The summed E-state index contributed by atoms with van der Waals surface area (Å²) < 4.78 is 15.3. The van der Waals surface area contributed by atoms with Crippen LogP contribution in [0.5, 0.6) is 5.75 Å². The number of hydrogen-bond acceptors (Lipinski definition) is 7. The van der Waals surface area contributed by atoms with E-state index in [9.17, 15) is 19.8 Å². The normalized spacial score (nSPS) is 27.9. The summed E-state index contributed by atoms with van der Waals surface area (Å²) in [5.74, 6) is -0.636. The summed E-state index contributed by atoms with van der Waals surface area (Å²) in [4.78, 5) is 22.9. The summed E-state index contributed by atoms with van der Waals surface area (Å²) >= 11 is 0. The molecule has 1 aromatic heterocycles. The molecule has 0 bridgehead atoms. The van der Waals surface area contributed by atoms with Crippen LogP contribution in [0.15, 0.2) is 33.5 Å². The van der Waals surface area contributed by atoms with Crippen LogP contribution >= 0.6 is 0 Å². The number of aliphatic hydroxyl groups is 2. The summed E-state index contributed by atoms with van der Waals surface area (Å²) in [6.07, 6.45) is -2.52. The Morgan fingerprint density at radius 2 is 2.00 bits per heavy atom. The van der Waals surface area contributed by atoms with E-state index < -0.39 is 29.4 Å². The van der Waals surface area contributed by atoms with Crippen molar-refractivity contribution in [3.8, 4) is 5.75 Å². The van der Waals surface area contributed by atoms with E-state index in [1.165, 1.54) is 26.2 Å². The maximum Gasteiger partial charge on any atom is 0.341 e. The molecule has 7 heteroatoms. The fraction of sp³-hybridized carbons (Fsp3) is 0.333. The average molecular weight is 306 g/mol. The van der Waals surface area contributed by atoms with Gasteiger partial charge in [-0.15, -0.1) is 0 Å². The van der Waals surface area contributed by atoms with Crippen LogP contribution in [-0.2, 0) is 9.53 Å². The van der Waals surface area contributed by atoms with Crippen molar-refractivity contribution in [1.82, 2.24) is 0 Å². The van der Waals surface area contributed by atoms with Gasteiger partial charge in [-0.3, -0.25) is 0 Å². The summed E-state index contributed by atoms with van der Waals surface area (Å²) in [6, 6.07) is 5.86. The molecule has 3 atom stereocenters. The zero-order valence-corrected chi connectivity index (χ0v) is 11.9. The molecule has 0 radical (unpaired) electrons.